The molecule has 0 unspecified atom stereocenters. The molecule has 0 aliphatic rings. The number of nitrogens with zero attached hydrogens (tertiary/aromatic N) is 1. The van der Waals surface area contributed by atoms with E-state index in [9.17, 15) is 4.79 Å². The summed E-state index contributed by atoms with van der Waals surface area (Å²) in [6.07, 6.45) is 1.76. The van der Waals surface area contributed by atoms with Crippen LogP contribution in [0.1, 0.15) is 19.5 Å². The van der Waals surface area contributed by atoms with Gasteiger partial charge < -0.3 is 5.32 Å². The molecule has 0 saturated carbocycles. The van der Waals surface area contributed by atoms with Gasteiger partial charge in [-0.15, -0.1) is 0 Å². The molecule has 4 heteroatoms. The van der Waals surface area contributed by atoms with Gasteiger partial charge >= 0.3 is 0 Å². The van der Waals surface area contributed by atoms with Crippen LogP contribution in [-0.4, -0.2) is 16.3 Å². The first-order chi connectivity index (χ1) is 6.52. The van der Waals surface area contributed by atoms with Crippen molar-refractivity contribution in [3.8, 4) is 0 Å². The summed E-state index contributed by atoms with van der Waals surface area (Å²) >= 11 is 2.83. The zero-order chi connectivity index (χ0) is 10.6. The molecule has 76 valence electrons. The van der Waals surface area contributed by atoms with E-state index < -0.39 is 0 Å². The Kier molecular flexibility index (Phi) is 3.63. The Labute approximate surface area is 92.1 Å². The minimum Gasteiger partial charge on any atom is -0.346 e. The molecule has 0 aliphatic carbocycles. The van der Waals surface area contributed by atoms with Crippen LogP contribution in [0.2, 0.25) is 0 Å². The van der Waals surface area contributed by atoms with Crippen LogP contribution in [0.4, 0.5) is 4.79 Å². The summed E-state index contributed by atoms with van der Waals surface area (Å²) in [6, 6.07) is 5.78. The van der Waals surface area contributed by atoms with E-state index >= 15 is 0 Å². The number of pyridine rings is 1. The van der Waals surface area contributed by atoms with Gasteiger partial charge in [0.15, 0.2) is 0 Å². The number of amides is 1. The van der Waals surface area contributed by atoms with E-state index in [2.05, 4.69) is 26.2 Å². The molecule has 1 heterocycles. The molecule has 0 spiro atoms. The van der Waals surface area contributed by atoms with Crippen molar-refractivity contribution in [3.05, 3.63) is 30.1 Å². The topological polar surface area (TPSA) is 42.0 Å². The summed E-state index contributed by atoms with van der Waals surface area (Å²) in [6.45, 7) is 4.64. The summed E-state index contributed by atoms with van der Waals surface area (Å²) in [5, 5.41) is 2.72. The fraction of sp³-hybridized carbons (Fsp3) is 0.400. The van der Waals surface area contributed by atoms with Crippen molar-refractivity contribution < 1.29 is 4.79 Å². The minimum absolute atomic E-state index is 0.148. The smallest absolute Gasteiger partial charge is 0.287 e. The molecule has 0 radical (unpaired) electrons. The second kappa shape index (κ2) is 4.55. The fourth-order valence-corrected chi connectivity index (χ4v) is 1.28. The van der Waals surface area contributed by atoms with Gasteiger partial charge in [-0.1, -0.05) is 19.9 Å². The van der Waals surface area contributed by atoms with Crippen LogP contribution >= 0.6 is 15.9 Å². The lowest BCUT2D eigenvalue weighted by molar-refractivity contribution is 0.259. The third-order valence-electron chi connectivity index (χ3n) is 2.03. The number of hydrogen-bond acceptors (Lipinski definition) is 2. The Balaban J connectivity index is 2.70. The Morgan fingerprint density at radius 3 is 2.79 bits per heavy atom. The van der Waals surface area contributed by atoms with Crippen molar-refractivity contribution in [2.24, 2.45) is 0 Å². The predicted octanol–water partition coefficient (Wildman–Crippen LogP) is 2.46. The van der Waals surface area contributed by atoms with E-state index in [0.717, 1.165) is 5.69 Å². The summed E-state index contributed by atoms with van der Waals surface area (Å²) < 4.78 is 0. The molecule has 0 fully saturated rings. The zero-order valence-electron chi connectivity index (χ0n) is 8.25. The summed E-state index contributed by atoms with van der Waals surface area (Å²) in [4.78, 5) is 14.8. The van der Waals surface area contributed by atoms with Gasteiger partial charge in [0.25, 0.3) is 4.82 Å². The molecule has 0 saturated heterocycles. The molecular weight excluding hydrogens is 244 g/mol. The first kappa shape index (κ1) is 11.2. The van der Waals surface area contributed by atoms with Gasteiger partial charge in [0.2, 0.25) is 0 Å². The molecule has 0 aromatic carbocycles. The van der Waals surface area contributed by atoms with Crippen molar-refractivity contribution in [1.82, 2.24) is 10.3 Å². The van der Waals surface area contributed by atoms with E-state index in [-0.39, 0.29) is 10.2 Å². The molecule has 3 nitrogen and oxygen atoms in total. The largest absolute Gasteiger partial charge is 0.346 e. The lowest BCUT2D eigenvalue weighted by Crippen LogP contribution is -2.34. The average Bonchev–Trinajstić information content (AvgIpc) is 2.16. The SMILES string of the molecule is CC(C)(CNC(=O)Br)c1ccccn1. The normalized spacial score (nSPS) is 11.1. The molecule has 1 amide bonds. The third-order valence-corrected chi connectivity index (χ3v) is 2.31. The van der Waals surface area contributed by atoms with Gasteiger partial charge in [0.1, 0.15) is 0 Å². The predicted molar refractivity (Wildman–Crippen MR) is 59.6 cm³/mol. The average molecular weight is 257 g/mol. The highest BCUT2D eigenvalue weighted by molar-refractivity contribution is 9.18. The lowest BCUT2D eigenvalue weighted by Gasteiger charge is -2.23. The van der Waals surface area contributed by atoms with Crippen LogP contribution in [0.3, 0.4) is 0 Å². The zero-order valence-corrected chi connectivity index (χ0v) is 9.84. The van der Waals surface area contributed by atoms with Crippen molar-refractivity contribution in [2.75, 3.05) is 6.54 Å². The molecule has 1 rings (SSSR count). The maximum absolute atomic E-state index is 10.7. The summed E-state index contributed by atoms with van der Waals surface area (Å²) in [5.41, 5.74) is 0.825. The van der Waals surface area contributed by atoms with Gasteiger partial charge in [-0.2, -0.15) is 0 Å². The van der Waals surface area contributed by atoms with Gasteiger partial charge in [-0.25, -0.2) is 0 Å². The first-order valence-corrected chi connectivity index (χ1v) is 5.16. The number of halogens is 1. The van der Waals surface area contributed by atoms with Crippen molar-refractivity contribution in [2.45, 2.75) is 19.3 Å². The quantitative estimate of drug-likeness (QED) is 0.667. The van der Waals surface area contributed by atoms with Crippen LogP contribution in [0.5, 0.6) is 0 Å². The first-order valence-electron chi connectivity index (χ1n) is 4.37. The van der Waals surface area contributed by atoms with E-state index in [1.807, 2.05) is 32.0 Å². The number of nitrogens with one attached hydrogen (secondary N) is 1. The number of rotatable bonds is 3. The Hall–Kier alpha value is -0.900. The Bertz CT molecular complexity index is 311. The Morgan fingerprint density at radius 2 is 2.29 bits per heavy atom. The van der Waals surface area contributed by atoms with Gasteiger partial charge in [0, 0.05) is 39.8 Å². The maximum Gasteiger partial charge on any atom is 0.287 e. The highest BCUT2D eigenvalue weighted by atomic mass is 79.9. The molecule has 0 bridgehead atoms. The number of aromatic nitrogens is 1. The van der Waals surface area contributed by atoms with Crippen molar-refractivity contribution in [3.63, 3.8) is 0 Å². The fourth-order valence-electron chi connectivity index (χ4n) is 1.14. The minimum atomic E-state index is -0.193. The standard InChI is InChI=1S/C10H13BrN2O/c1-10(2,7-13-9(11)14)8-5-3-4-6-12-8/h3-6H,7H2,1-2H3,(H,13,14). The highest BCUT2D eigenvalue weighted by Gasteiger charge is 2.21. The number of carbonyl (C=O) groups excluding carboxylic acids is 1. The van der Waals surface area contributed by atoms with Crippen LogP contribution in [0, 0.1) is 0 Å². The van der Waals surface area contributed by atoms with Crippen molar-refractivity contribution in [1.29, 1.82) is 0 Å². The third kappa shape index (κ3) is 3.10. The Morgan fingerprint density at radius 1 is 1.57 bits per heavy atom. The second-order valence-corrected chi connectivity index (χ2v) is 4.45. The highest BCUT2D eigenvalue weighted by Crippen LogP contribution is 2.19. The van der Waals surface area contributed by atoms with E-state index in [0.29, 0.717) is 6.54 Å². The van der Waals surface area contributed by atoms with E-state index in [4.69, 9.17) is 0 Å². The molecular formula is C10H13BrN2O. The monoisotopic (exact) mass is 256 g/mol. The van der Waals surface area contributed by atoms with Crippen LogP contribution in [-0.2, 0) is 5.41 Å². The lowest BCUT2D eigenvalue weighted by atomic mass is 9.89. The molecule has 0 atom stereocenters. The van der Waals surface area contributed by atoms with E-state index in [1.165, 1.54) is 0 Å². The molecule has 1 aromatic heterocycles. The van der Waals surface area contributed by atoms with Gasteiger partial charge in [-0.3, -0.25) is 9.78 Å². The second-order valence-electron chi connectivity index (χ2n) is 3.73. The molecule has 1 N–H and O–H groups in total. The molecule has 0 aliphatic heterocycles. The maximum atomic E-state index is 10.7. The molecule has 1 aromatic rings. The number of hydrogen-bond donors (Lipinski definition) is 1. The summed E-state index contributed by atoms with van der Waals surface area (Å²) in [7, 11) is 0. The van der Waals surface area contributed by atoms with Crippen LogP contribution in [0.25, 0.3) is 0 Å². The van der Waals surface area contributed by atoms with Crippen LogP contribution in [0.15, 0.2) is 24.4 Å². The van der Waals surface area contributed by atoms with E-state index in [1.54, 1.807) is 6.20 Å². The molecule has 14 heavy (non-hydrogen) atoms. The van der Waals surface area contributed by atoms with Gasteiger partial charge in [-0.05, 0) is 12.1 Å². The van der Waals surface area contributed by atoms with Crippen molar-refractivity contribution >= 4 is 20.7 Å². The van der Waals surface area contributed by atoms with Gasteiger partial charge in [0.05, 0.1) is 0 Å². The summed E-state index contributed by atoms with van der Waals surface area (Å²) in [5.74, 6) is 0. The number of carbonyl (C=O) groups is 1. The van der Waals surface area contributed by atoms with Crippen LogP contribution < -0.4 is 5.32 Å².